The zero-order valence-electron chi connectivity index (χ0n) is 22.3. The molecule has 9 heteroatoms. The number of benzene rings is 3. The Hall–Kier alpha value is -3.76. The van der Waals surface area contributed by atoms with Crippen molar-refractivity contribution in [2.75, 3.05) is 51.0 Å². The van der Waals surface area contributed by atoms with Gasteiger partial charge in [-0.15, -0.1) is 0 Å². The van der Waals surface area contributed by atoms with Gasteiger partial charge in [0.15, 0.2) is 0 Å². The summed E-state index contributed by atoms with van der Waals surface area (Å²) in [6, 6.07) is 23.1. The molecule has 0 aromatic heterocycles. The van der Waals surface area contributed by atoms with Crippen LogP contribution in [0, 0.1) is 0 Å². The molecule has 0 aliphatic carbocycles. The van der Waals surface area contributed by atoms with E-state index in [2.05, 4.69) is 29.6 Å². The highest BCUT2D eigenvalue weighted by molar-refractivity contribution is 5.94. The molecule has 0 saturated carbocycles. The summed E-state index contributed by atoms with van der Waals surface area (Å²) in [6.45, 7) is 7.48. The Labute approximate surface area is 229 Å². The van der Waals surface area contributed by atoms with Crippen LogP contribution in [0.15, 0.2) is 72.8 Å². The highest BCUT2D eigenvalue weighted by Gasteiger charge is 2.24. The smallest absolute Gasteiger partial charge is 0.324 e. The minimum absolute atomic E-state index is 0.0931. The van der Waals surface area contributed by atoms with Gasteiger partial charge in [-0.3, -0.25) is 14.9 Å². The number of urea groups is 1. The maximum absolute atomic E-state index is 13.5. The number of hydroxylamine groups is 1. The number of morpholine rings is 1. The fraction of sp³-hybridized carbons (Fsp3) is 0.333. The first-order valence-electron chi connectivity index (χ1n) is 13.2. The van der Waals surface area contributed by atoms with Gasteiger partial charge in [0.05, 0.1) is 26.4 Å². The van der Waals surface area contributed by atoms with Crippen molar-refractivity contribution in [2.24, 2.45) is 0 Å². The summed E-state index contributed by atoms with van der Waals surface area (Å²) >= 11 is 0. The van der Waals surface area contributed by atoms with Gasteiger partial charge in [0.1, 0.15) is 0 Å². The average molecular weight is 533 g/mol. The molecule has 1 saturated heterocycles. The number of carbonyl (C=O) groups is 2. The van der Waals surface area contributed by atoms with E-state index in [1.165, 1.54) is 5.56 Å². The molecule has 1 fully saturated rings. The van der Waals surface area contributed by atoms with E-state index in [0.29, 0.717) is 45.0 Å². The molecule has 0 spiro atoms. The molecule has 206 valence electrons. The number of anilines is 1. The lowest BCUT2D eigenvalue weighted by molar-refractivity contribution is 0.0548. The molecular weight excluding hydrogens is 496 g/mol. The molecule has 39 heavy (non-hydrogen) atoms. The molecule has 0 bridgehead atoms. The van der Waals surface area contributed by atoms with Crippen LogP contribution in [0.3, 0.4) is 0 Å². The second-order valence-electron chi connectivity index (χ2n) is 9.22. The Bertz CT molecular complexity index is 1190. The summed E-state index contributed by atoms with van der Waals surface area (Å²) in [5.41, 5.74) is 6.98. The number of hydrogen-bond donors (Lipinski definition) is 3. The monoisotopic (exact) mass is 532 g/mol. The Kier molecular flexibility index (Phi) is 10.4. The molecule has 3 aromatic carbocycles. The number of carbonyl (C=O) groups excluding carboxylic acids is 2. The highest BCUT2D eigenvalue weighted by Crippen LogP contribution is 2.26. The van der Waals surface area contributed by atoms with Gasteiger partial charge in [0.25, 0.3) is 5.91 Å². The van der Waals surface area contributed by atoms with Gasteiger partial charge in [-0.05, 0) is 53.4 Å². The van der Waals surface area contributed by atoms with Gasteiger partial charge in [0.2, 0.25) is 0 Å². The lowest BCUT2D eigenvalue weighted by Gasteiger charge is -2.33. The molecule has 9 nitrogen and oxygen atoms in total. The van der Waals surface area contributed by atoms with Crippen molar-refractivity contribution in [3.63, 3.8) is 0 Å². The Morgan fingerprint density at radius 3 is 2.15 bits per heavy atom. The van der Waals surface area contributed by atoms with E-state index < -0.39 is 5.91 Å². The zero-order valence-corrected chi connectivity index (χ0v) is 22.3. The van der Waals surface area contributed by atoms with E-state index in [0.717, 1.165) is 42.1 Å². The van der Waals surface area contributed by atoms with E-state index in [4.69, 9.17) is 14.7 Å². The first-order valence-corrected chi connectivity index (χ1v) is 13.2. The van der Waals surface area contributed by atoms with Gasteiger partial charge in [-0.2, -0.15) is 0 Å². The van der Waals surface area contributed by atoms with E-state index in [9.17, 15) is 9.59 Å². The number of rotatable bonds is 11. The molecule has 3 N–H and O–H groups in total. The molecule has 1 aliphatic rings. The Morgan fingerprint density at radius 2 is 1.54 bits per heavy atom. The normalized spacial score (nSPS) is 13.2. The number of nitrogens with one attached hydrogen (secondary N) is 2. The predicted octanol–water partition coefficient (Wildman–Crippen LogP) is 4.06. The lowest BCUT2D eigenvalue weighted by Crippen LogP contribution is -2.48. The number of hydrogen-bond acceptors (Lipinski definition) is 6. The number of nitrogens with zero attached hydrogens (tertiary/aromatic N) is 2. The topological polar surface area (TPSA) is 103 Å². The first kappa shape index (κ1) is 28.3. The van der Waals surface area contributed by atoms with Gasteiger partial charge < -0.3 is 19.7 Å². The lowest BCUT2D eigenvalue weighted by atomic mass is 10.0. The van der Waals surface area contributed by atoms with Crippen LogP contribution < -0.4 is 15.7 Å². The molecule has 1 aliphatic heterocycles. The van der Waals surface area contributed by atoms with Crippen molar-refractivity contribution in [1.29, 1.82) is 0 Å². The third kappa shape index (κ3) is 7.87. The van der Waals surface area contributed by atoms with Crippen LogP contribution in [-0.4, -0.2) is 68.1 Å². The molecule has 0 radical (unpaired) electrons. The van der Waals surface area contributed by atoms with Gasteiger partial charge in [0, 0.05) is 44.0 Å². The van der Waals surface area contributed by atoms with Gasteiger partial charge in [-0.25, -0.2) is 10.3 Å². The van der Waals surface area contributed by atoms with Crippen molar-refractivity contribution < 1.29 is 24.3 Å². The van der Waals surface area contributed by atoms with Crippen LogP contribution in [-0.2, 0) is 22.6 Å². The van der Waals surface area contributed by atoms with Crippen molar-refractivity contribution in [3.8, 4) is 11.1 Å². The minimum Gasteiger partial charge on any atom is -0.380 e. The predicted molar refractivity (Wildman–Crippen MR) is 150 cm³/mol. The van der Waals surface area contributed by atoms with E-state index in [-0.39, 0.29) is 6.03 Å². The molecule has 4 rings (SSSR count). The quantitative estimate of drug-likeness (QED) is 0.196. The fourth-order valence-electron chi connectivity index (χ4n) is 4.37. The second kappa shape index (κ2) is 14.4. The molecular formula is C30H36N4O5. The third-order valence-corrected chi connectivity index (χ3v) is 6.59. The van der Waals surface area contributed by atoms with Crippen LogP contribution in [0.5, 0.6) is 0 Å². The van der Waals surface area contributed by atoms with Crippen LogP contribution in [0.4, 0.5) is 10.5 Å². The van der Waals surface area contributed by atoms with E-state index in [1.54, 1.807) is 39.5 Å². The molecule has 0 atom stereocenters. The number of ether oxygens (including phenoxy) is 2. The Balaban J connectivity index is 1.48. The summed E-state index contributed by atoms with van der Waals surface area (Å²) in [4.78, 5) is 28.8. The van der Waals surface area contributed by atoms with E-state index >= 15 is 0 Å². The molecule has 3 amide bonds. The summed E-state index contributed by atoms with van der Waals surface area (Å²) < 4.78 is 10.8. The van der Waals surface area contributed by atoms with Gasteiger partial charge >= 0.3 is 6.03 Å². The highest BCUT2D eigenvalue weighted by atomic mass is 16.5. The van der Waals surface area contributed by atoms with Crippen LogP contribution in [0.25, 0.3) is 11.1 Å². The molecule has 0 unspecified atom stereocenters. The summed E-state index contributed by atoms with van der Waals surface area (Å²) in [5, 5.41) is 12.3. The minimum atomic E-state index is -0.579. The van der Waals surface area contributed by atoms with Crippen molar-refractivity contribution in [2.45, 2.75) is 20.0 Å². The third-order valence-electron chi connectivity index (χ3n) is 6.59. The van der Waals surface area contributed by atoms with Crippen LogP contribution >= 0.6 is 0 Å². The number of amides is 3. The maximum Gasteiger partial charge on any atom is 0.324 e. The van der Waals surface area contributed by atoms with Crippen molar-refractivity contribution in [1.82, 2.24) is 15.7 Å². The van der Waals surface area contributed by atoms with Crippen LogP contribution in [0.1, 0.15) is 28.4 Å². The standard InChI is InChI=1S/C30H36N4O5/c1-2-38-18-15-31-21-23-3-7-25(8-4-23)26-11-13-28(14-12-26)34(30(36)33-16-19-39-20-17-33)22-24-5-9-27(10-6-24)29(35)32-37/h3-14,31,37H,2,15-22H2,1H3,(H,32,35). The zero-order chi connectivity index (χ0) is 27.5. The largest absolute Gasteiger partial charge is 0.380 e. The van der Waals surface area contributed by atoms with Crippen molar-refractivity contribution in [3.05, 3.63) is 89.5 Å². The summed E-state index contributed by atoms with van der Waals surface area (Å²) in [7, 11) is 0. The fourth-order valence-corrected chi connectivity index (χ4v) is 4.37. The SMILES string of the molecule is CCOCCNCc1ccc(-c2ccc(N(Cc3ccc(C(=O)NO)cc3)C(=O)N3CCOCC3)cc2)cc1. The maximum atomic E-state index is 13.5. The Morgan fingerprint density at radius 1 is 0.923 bits per heavy atom. The molecule has 3 aromatic rings. The van der Waals surface area contributed by atoms with Crippen molar-refractivity contribution >= 4 is 17.6 Å². The van der Waals surface area contributed by atoms with Crippen LogP contribution in [0.2, 0.25) is 0 Å². The average Bonchev–Trinajstić information content (AvgIpc) is 3.00. The summed E-state index contributed by atoms with van der Waals surface area (Å²) in [5.74, 6) is -0.579. The summed E-state index contributed by atoms with van der Waals surface area (Å²) in [6.07, 6.45) is 0. The first-order chi connectivity index (χ1) is 19.1. The van der Waals surface area contributed by atoms with E-state index in [1.807, 2.05) is 31.2 Å². The second-order valence-corrected chi connectivity index (χ2v) is 9.22. The molecule has 1 heterocycles. The van der Waals surface area contributed by atoms with Gasteiger partial charge in [-0.1, -0.05) is 48.5 Å².